The summed E-state index contributed by atoms with van der Waals surface area (Å²) in [6.45, 7) is -0.240. The summed E-state index contributed by atoms with van der Waals surface area (Å²) in [6, 6.07) is 3.70. The highest BCUT2D eigenvalue weighted by Crippen LogP contribution is 2.30. The van der Waals surface area contributed by atoms with Crippen LogP contribution in [-0.2, 0) is 11.3 Å². The van der Waals surface area contributed by atoms with Crippen molar-refractivity contribution in [2.75, 3.05) is 4.90 Å². The molecule has 27 heavy (non-hydrogen) atoms. The lowest BCUT2D eigenvalue weighted by atomic mass is 10.0. The van der Waals surface area contributed by atoms with Crippen LogP contribution in [0.1, 0.15) is 31.2 Å². The molecule has 1 unspecified atom stereocenters. The van der Waals surface area contributed by atoms with Gasteiger partial charge in [-0.05, 0) is 43.2 Å². The summed E-state index contributed by atoms with van der Waals surface area (Å²) < 4.78 is 46.5. The molecule has 4 rings (SSSR count). The molecule has 2 aliphatic heterocycles. The third-order valence-corrected chi connectivity index (χ3v) is 5.82. The minimum Gasteiger partial charge on any atom is -0.446 e. The lowest BCUT2D eigenvalue weighted by molar-refractivity contribution is 0.0719. The summed E-state index contributed by atoms with van der Waals surface area (Å²) in [7, 11) is 0. The van der Waals surface area contributed by atoms with Gasteiger partial charge in [0.05, 0.1) is 12.2 Å². The van der Waals surface area contributed by atoms with E-state index in [0.717, 1.165) is 31.7 Å². The summed E-state index contributed by atoms with van der Waals surface area (Å²) in [5.41, 5.74) is 0.425. The molecule has 0 spiro atoms. The maximum absolute atomic E-state index is 14.1. The Morgan fingerprint density at radius 1 is 1.15 bits per heavy atom. The van der Waals surface area contributed by atoms with E-state index >= 15 is 0 Å². The van der Waals surface area contributed by atoms with Crippen molar-refractivity contribution in [3.05, 3.63) is 52.0 Å². The average Bonchev–Trinajstić information content (AvgIpc) is 3.26. The highest BCUT2D eigenvalue weighted by atomic mass is 32.1. The first-order valence-electron chi connectivity index (χ1n) is 8.89. The first kappa shape index (κ1) is 18.3. The predicted molar refractivity (Wildman–Crippen MR) is 96.3 cm³/mol. The Balaban J connectivity index is 1.53. The van der Waals surface area contributed by atoms with Crippen LogP contribution in [0, 0.1) is 17.5 Å². The van der Waals surface area contributed by atoms with E-state index in [9.17, 15) is 18.0 Å². The number of benzene rings is 1. The first-order valence-corrected chi connectivity index (χ1v) is 9.83. The fourth-order valence-corrected chi connectivity index (χ4v) is 4.48. The van der Waals surface area contributed by atoms with E-state index in [1.54, 1.807) is 16.8 Å². The van der Waals surface area contributed by atoms with Crippen LogP contribution < -0.4 is 10.2 Å². The van der Waals surface area contributed by atoms with Crippen LogP contribution in [0.5, 0.6) is 0 Å². The van der Waals surface area contributed by atoms with Gasteiger partial charge in [-0.3, -0.25) is 4.90 Å². The van der Waals surface area contributed by atoms with Gasteiger partial charge in [0.15, 0.2) is 11.6 Å². The molecule has 2 saturated heterocycles. The molecule has 2 aliphatic rings. The quantitative estimate of drug-likeness (QED) is 0.769. The van der Waals surface area contributed by atoms with Crippen molar-refractivity contribution >= 4 is 23.1 Å². The van der Waals surface area contributed by atoms with E-state index < -0.39 is 23.5 Å². The lowest BCUT2D eigenvalue weighted by Gasteiger charge is -2.31. The Hall–Kier alpha value is -2.06. The molecule has 0 radical (unpaired) electrons. The van der Waals surface area contributed by atoms with Crippen molar-refractivity contribution in [3.63, 3.8) is 0 Å². The maximum Gasteiger partial charge on any atom is 0.414 e. The van der Waals surface area contributed by atoms with Gasteiger partial charge in [0.25, 0.3) is 0 Å². The van der Waals surface area contributed by atoms with Crippen LogP contribution in [0.4, 0.5) is 23.7 Å². The lowest BCUT2D eigenvalue weighted by Crippen LogP contribution is -2.44. The van der Waals surface area contributed by atoms with Crippen LogP contribution in [0.3, 0.4) is 0 Å². The largest absolute Gasteiger partial charge is 0.446 e. The van der Waals surface area contributed by atoms with E-state index in [0.29, 0.717) is 23.8 Å². The number of hydrogen-bond acceptors (Lipinski definition) is 4. The summed E-state index contributed by atoms with van der Waals surface area (Å²) in [5, 5.41) is 6.99. The minimum absolute atomic E-state index is 0.109. The fraction of sp³-hybridized carbons (Fsp3) is 0.421. The van der Waals surface area contributed by atoms with Gasteiger partial charge in [-0.15, -0.1) is 0 Å². The number of rotatable bonds is 4. The molecule has 3 atom stereocenters. The van der Waals surface area contributed by atoms with Crippen molar-refractivity contribution in [2.24, 2.45) is 0 Å². The number of thiophene rings is 1. The zero-order chi connectivity index (χ0) is 19.0. The third-order valence-electron chi connectivity index (χ3n) is 5.15. The van der Waals surface area contributed by atoms with E-state index in [2.05, 4.69) is 5.32 Å². The number of ether oxygens (including phenoxy) is 1. The second-order valence-corrected chi connectivity index (χ2v) is 7.82. The Morgan fingerprint density at radius 3 is 2.52 bits per heavy atom. The maximum atomic E-state index is 14.1. The molecule has 0 aliphatic carbocycles. The van der Waals surface area contributed by atoms with Crippen LogP contribution in [0.15, 0.2) is 29.0 Å². The minimum atomic E-state index is -1.26. The topological polar surface area (TPSA) is 41.6 Å². The van der Waals surface area contributed by atoms with E-state index in [4.69, 9.17) is 4.74 Å². The Bertz CT molecular complexity index is 819. The number of hydrogen-bond donors (Lipinski definition) is 1. The van der Waals surface area contributed by atoms with Crippen LogP contribution >= 0.6 is 11.3 Å². The molecule has 1 N–H and O–H groups in total. The van der Waals surface area contributed by atoms with Gasteiger partial charge in [-0.2, -0.15) is 11.3 Å². The van der Waals surface area contributed by atoms with Crippen molar-refractivity contribution in [3.8, 4) is 0 Å². The number of nitrogens with zero attached hydrogens (tertiary/aromatic N) is 1. The van der Waals surface area contributed by atoms with Crippen molar-refractivity contribution in [1.82, 2.24) is 5.32 Å². The first-order chi connectivity index (χ1) is 13.0. The molecule has 3 heterocycles. The molecule has 8 heteroatoms. The SMILES string of the molecule is O=C(OC1C[C@H]2CC[C@@H](C1)N2)N(Cc1cc(F)c(F)cc1F)c1ccsc1. The molecule has 4 nitrogen and oxygen atoms in total. The molecule has 1 amide bonds. The molecule has 1 aromatic heterocycles. The van der Waals surface area contributed by atoms with Gasteiger partial charge in [0.2, 0.25) is 0 Å². The molecule has 0 saturated carbocycles. The Labute approximate surface area is 158 Å². The van der Waals surface area contributed by atoms with E-state index in [1.165, 1.54) is 16.2 Å². The van der Waals surface area contributed by atoms with Gasteiger partial charge >= 0.3 is 6.09 Å². The molecule has 2 bridgehead atoms. The molecular formula is C19H19F3N2O2S. The van der Waals surface area contributed by atoms with Crippen molar-refractivity contribution < 1.29 is 22.7 Å². The molecule has 2 fully saturated rings. The van der Waals surface area contributed by atoms with E-state index in [1.807, 2.05) is 0 Å². The second-order valence-electron chi connectivity index (χ2n) is 7.04. The summed E-state index contributed by atoms with van der Waals surface area (Å²) in [5.74, 6) is -3.31. The van der Waals surface area contributed by atoms with Crippen LogP contribution in [-0.4, -0.2) is 24.3 Å². The van der Waals surface area contributed by atoms with E-state index in [-0.39, 0.29) is 18.2 Å². The molecule has 1 aromatic carbocycles. The number of carbonyl (C=O) groups excluding carboxylic acids is 1. The molecule has 144 valence electrons. The molecular weight excluding hydrogens is 377 g/mol. The zero-order valence-corrected chi connectivity index (χ0v) is 15.3. The second kappa shape index (κ2) is 7.52. The van der Waals surface area contributed by atoms with Crippen molar-refractivity contribution in [1.29, 1.82) is 0 Å². The highest BCUT2D eigenvalue weighted by molar-refractivity contribution is 7.08. The zero-order valence-electron chi connectivity index (χ0n) is 14.5. The number of anilines is 1. The highest BCUT2D eigenvalue weighted by Gasteiger charge is 2.36. The monoisotopic (exact) mass is 396 g/mol. The molecule has 2 aromatic rings. The standard InChI is InChI=1S/C19H19F3N2O2S/c20-16-8-18(22)17(21)5-11(16)9-24(14-3-4-27-10-14)19(25)26-15-6-12-1-2-13(7-15)23-12/h3-5,8,10,12-13,15,23H,1-2,6-7,9H2/t12-,13+,15?. The Morgan fingerprint density at radius 2 is 1.85 bits per heavy atom. The predicted octanol–water partition coefficient (Wildman–Crippen LogP) is 4.59. The number of piperidine rings is 1. The number of carbonyl (C=O) groups is 1. The number of nitrogens with one attached hydrogen (secondary N) is 1. The number of halogens is 3. The fourth-order valence-electron chi connectivity index (χ4n) is 3.83. The van der Waals surface area contributed by atoms with Gasteiger partial charge in [-0.1, -0.05) is 0 Å². The van der Waals surface area contributed by atoms with Crippen molar-refractivity contribution in [2.45, 2.75) is 50.4 Å². The Kier molecular flexibility index (Phi) is 5.10. The average molecular weight is 396 g/mol. The smallest absolute Gasteiger partial charge is 0.414 e. The van der Waals surface area contributed by atoms with Gasteiger partial charge < -0.3 is 10.1 Å². The van der Waals surface area contributed by atoms with Crippen LogP contribution in [0.2, 0.25) is 0 Å². The number of amides is 1. The third kappa shape index (κ3) is 3.96. The van der Waals surface area contributed by atoms with Crippen LogP contribution in [0.25, 0.3) is 0 Å². The van der Waals surface area contributed by atoms with Gasteiger partial charge in [0.1, 0.15) is 11.9 Å². The number of fused-ring (bicyclic) bond motifs is 2. The normalized spacial score (nSPS) is 24.0. The van der Waals surface area contributed by atoms with Gasteiger partial charge in [-0.25, -0.2) is 18.0 Å². The summed E-state index contributed by atoms with van der Waals surface area (Å²) in [4.78, 5) is 14.1. The van der Waals surface area contributed by atoms with Gasteiger partial charge in [0, 0.05) is 29.1 Å². The summed E-state index contributed by atoms with van der Waals surface area (Å²) in [6.07, 6.45) is 2.84. The summed E-state index contributed by atoms with van der Waals surface area (Å²) >= 11 is 1.38.